The molecule has 0 saturated carbocycles. The van der Waals surface area contributed by atoms with Crippen LogP contribution >= 0.6 is 0 Å². The van der Waals surface area contributed by atoms with Gasteiger partial charge in [0, 0.05) is 23.9 Å². The van der Waals surface area contributed by atoms with Crippen LogP contribution < -0.4 is 20.1 Å². The summed E-state index contributed by atoms with van der Waals surface area (Å²) in [6, 6.07) is 12.8. The molecule has 1 atom stereocenters. The van der Waals surface area contributed by atoms with E-state index in [1.165, 1.54) is 22.7 Å². The predicted octanol–water partition coefficient (Wildman–Crippen LogP) is 5.10. The average Bonchev–Trinajstić information content (AvgIpc) is 3.19. The fraction of sp³-hybridized carbons (Fsp3) is 0.259. The van der Waals surface area contributed by atoms with Gasteiger partial charge in [0.05, 0.1) is 35.5 Å². The van der Waals surface area contributed by atoms with Gasteiger partial charge in [-0.15, -0.1) is 0 Å². The smallest absolute Gasteiger partial charge is 0.255 e. The Kier molecular flexibility index (Phi) is 6.22. The first kappa shape index (κ1) is 23.6. The van der Waals surface area contributed by atoms with Crippen molar-refractivity contribution in [2.75, 3.05) is 19.0 Å². The molecule has 1 aliphatic heterocycles. The maximum absolute atomic E-state index is 14.1. The number of fused-ring (bicyclic) bond motifs is 2. The van der Waals surface area contributed by atoms with Crippen LogP contribution in [0.4, 0.5) is 14.5 Å². The van der Waals surface area contributed by atoms with Crippen molar-refractivity contribution in [2.24, 2.45) is 0 Å². The molecule has 0 radical (unpaired) electrons. The van der Waals surface area contributed by atoms with Crippen LogP contribution in [0, 0.1) is 25.5 Å². The first-order chi connectivity index (χ1) is 17.4. The normalized spacial score (nSPS) is 14.8. The van der Waals surface area contributed by atoms with Gasteiger partial charge in [-0.25, -0.2) is 8.78 Å². The van der Waals surface area contributed by atoms with E-state index in [0.717, 1.165) is 23.4 Å². The summed E-state index contributed by atoms with van der Waals surface area (Å²) < 4.78 is 40.8. The minimum Gasteiger partial charge on any atom is -0.497 e. The number of ether oxygens (including phenoxy) is 2. The van der Waals surface area contributed by atoms with Gasteiger partial charge in [-0.2, -0.15) is 9.61 Å². The molecule has 2 N–H and O–H groups in total. The summed E-state index contributed by atoms with van der Waals surface area (Å²) in [6.45, 7) is 4.01. The van der Waals surface area contributed by atoms with E-state index in [1.54, 1.807) is 20.1 Å². The first-order valence-corrected chi connectivity index (χ1v) is 11.6. The molecule has 0 aliphatic carbocycles. The number of halogens is 2. The number of nitrogens with one attached hydrogen (secondary N) is 2. The van der Waals surface area contributed by atoms with Gasteiger partial charge in [-0.3, -0.25) is 4.79 Å². The third kappa shape index (κ3) is 4.32. The van der Waals surface area contributed by atoms with Gasteiger partial charge in [0.25, 0.3) is 5.91 Å². The number of anilines is 1. The molecule has 9 heteroatoms. The molecule has 186 valence electrons. The van der Waals surface area contributed by atoms with Crippen molar-refractivity contribution in [3.63, 3.8) is 0 Å². The number of aryl methyl sites for hydroxylation is 2. The molecule has 5 rings (SSSR count). The maximum atomic E-state index is 14.1. The van der Waals surface area contributed by atoms with Crippen molar-refractivity contribution in [1.82, 2.24) is 14.9 Å². The lowest BCUT2D eigenvalue weighted by molar-refractivity contribution is 0.0936. The van der Waals surface area contributed by atoms with Crippen LogP contribution in [0.3, 0.4) is 0 Å². The largest absolute Gasteiger partial charge is 0.497 e. The number of aromatic nitrogens is 2. The molecule has 3 heterocycles. The van der Waals surface area contributed by atoms with Crippen LogP contribution in [-0.4, -0.2) is 29.2 Å². The molecule has 1 unspecified atom stereocenters. The Morgan fingerprint density at radius 2 is 1.94 bits per heavy atom. The Hall–Kier alpha value is -4.14. The Bertz CT molecular complexity index is 1450. The predicted molar refractivity (Wildman–Crippen MR) is 132 cm³/mol. The van der Waals surface area contributed by atoms with Gasteiger partial charge < -0.3 is 20.1 Å². The third-order valence-corrected chi connectivity index (χ3v) is 6.36. The van der Waals surface area contributed by atoms with Crippen LogP contribution in [0.25, 0.3) is 5.52 Å². The number of carbonyl (C=O) groups is 1. The Morgan fingerprint density at radius 1 is 1.17 bits per heavy atom. The number of benzene rings is 2. The number of amides is 1. The second-order valence-electron chi connectivity index (χ2n) is 8.81. The zero-order valence-electron chi connectivity index (χ0n) is 20.2. The van der Waals surface area contributed by atoms with Crippen LogP contribution in [-0.2, 0) is 6.61 Å². The maximum Gasteiger partial charge on any atom is 0.255 e. The fourth-order valence-electron chi connectivity index (χ4n) is 4.56. The summed E-state index contributed by atoms with van der Waals surface area (Å²) >= 11 is 0. The lowest BCUT2D eigenvalue weighted by Crippen LogP contribution is -2.33. The van der Waals surface area contributed by atoms with E-state index in [-0.39, 0.29) is 30.0 Å². The molecule has 1 amide bonds. The van der Waals surface area contributed by atoms with E-state index in [1.807, 2.05) is 31.2 Å². The zero-order valence-corrected chi connectivity index (χ0v) is 20.2. The van der Waals surface area contributed by atoms with Gasteiger partial charge in [0.15, 0.2) is 0 Å². The van der Waals surface area contributed by atoms with E-state index in [2.05, 4.69) is 15.7 Å². The Morgan fingerprint density at radius 3 is 2.69 bits per heavy atom. The highest BCUT2D eigenvalue weighted by Gasteiger charge is 2.26. The monoisotopic (exact) mass is 492 g/mol. The van der Waals surface area contributed by atoms with E-state index in [4.69, 9.17) is 9.47 Å². The summed E-state index contributed by atoms with van der Waals surface area (Å²) in [5.74, 6) is -0.636. The van der Waals surface area contributed by atoms with Crippen LogP contribution in [0.1, 0.15) is 45.2 Å². The lowest BCUT2D eigenvalue weighted by Gasteiger charge is -2.28. The van der Waals surface area contributed by atoms with E-state index >= 15 is 0 Å². The van der Waals surface area contributed by atoms with Gasteiger partial charge in [0.1, 0.15) is 24.0 Å². The molecule has 0 bridgehead atoms. The Labute approximate surface area is 207 Å². The number of hydrogen-bond acceptors (Lipinski definition) is 5. The van der Waals surface area contributed by atoms with Gasteiger partial charge in [0.2, 0.25) is 5.88 Å². The standard InChI is InChI=1S/C27H26F2N4O3/c1-15-11-24-26(27(34)31-23-9-10-30-22-8-7-17(35-3)13-18(22)23)16(2)32-33(24)25(12-15)36-14-19-20(28)5-4-6-21(19)29/h4-8,11-13,23,30H,9-10,14H2,1-3H3,(H,31,34). The average molecular weight is 493 g/mol. The van der Waals surface area contributed by atoms with Crippen molar-refractivity contribution in [1.29, 1.82) is 0 Å². The molecule has 2 aromatic carbocycles. The minimum absolute atomic E-state index is 0.172. The van der Waals surface area contributed by atoms with Gasteiger partial charge in [-0.1, -0.05) is 6.07 Å². The van der Waals surface area contributed by atoms with E-state index in [0.29, 0.717) is 28.9 Å². The number of nitrogens with zero attached hydrogens (tertiary/aromatic N) is 2. The molecule has 1 aliphatic rings. The molecule has 2 aromatic heterocycles. The highest BCUT2D eigenvalue weighted by molar-refractivity contribution is 6.02. The van der Waals surface area contributed by atoms with Crippen molar-refractivity contribution >= 4 is 17.1 Å². The van der Waals surface area contributed by atoms with Crippen molar-refractivity contribution in [3.05, 3.63) is 88.1 Å². The first-order valence-electron chi connectivity index (χ1n) is 11.6. The summed E-state index contributed by atoms with van der Waals surface area (Å²) in [4.78, 5) is 13.5. The van der Waals surface area contributed by atoms with Gasteiger partial charge >= 0.3 is 0 Å². The van der Waals surface area contributed by atoms with Gasteiger partial charge in [-0.05, 0) is 62.2 Å². The molecule has 0 fully saturated rings. The summed E-state index contributed by atoms with van der Waals surface area (Å²) in [7, 11) is 1.61. The Balaban J connectivity index is 1.45. The highest BCUT2D eigenvalue weighted by Crippen LogP contribution is 2.33. The topological polar surface area (TPSA) is 76.9 Å². The second-order valence-corrected chi connectivity index (χ2v) is 8.81. The quantitative estimate of drug-likeness (QED) is 0.392. The number of methoxy groups -OCH3 is 1. The second kappa shape index (κ2) is 9.49. The van der Waals surface area contributed by atoms with Crippen molar-refractivity contribution < 1.29 is 23.0 Å². The molecule has 4 aromatic rings. The number of rotatable bonds is 6. The van der Waals surface area contributed by atoms with Crippen LogP contribution in [0.5, 0.6) is 11.6 Å². The van der Waals surface area contributed by atoms with Crippen molar-refractivity contribution in [2.45, 2.75) is 32.9 Å². The summed E-state index contributed by atoms with van der Waals surface area (Å²) in [6.07, 6.45) is 0.714. The van der Waals surface area contributed by atoms with E-state index < -0.39 is 11.6 Å². The number of hydrogen-bond donors (Lipinski definition) is 2. The zero-order chi connectivity index (χ0) is 25.4. The fourth-order valence-corrected chi connectivity index (χ4v) is 4.56. The number of pyridine rings is 1. The summed E-state index contributed by atoms with van der Waals surface area (Å²) in [5.41, 5.74) is 4.04. The molecular formula is C27H26F2N4O3. The third-order valence-electron chi connectivity index (χ3n) is 6.36. The molecular weight excluding hydrogens is 466 g/mol. The molecule has 7 nitrogen and oxygen atoms in total. The molecule has 0 saturated heterocycles. The van der Waals surface area contributed by atoms with Crippen LogP contribution in [0.15, 0.2) is 48.5 Å². The summed E-state index contributed by atoms with van der Waals surface area (Å²) in [5, 5.41) is 11.0. The SMILES string of the molecule is COc1ccc2c(c1)C(NC(=O)c1c(C)nn3c(OCc4c(F)cccc4F)cc(C)cc13)CCN2. The lowest BCUT2D eigenvalue weighted by atomic mass is 9.97. The number of carbonyl (C=O) groups excluding carboxylic acids is 1. The van der Waals surface area contributed by atoms with Crippen molar-refractivity contribution in [3.8, 4) is 11.6 Å². The van der Waals surface area contributed by atoms with E-state index in [9.17, 15) is 13.6 Å². The molecule has 36 heavy (non-hydrogen) atoms. The minimum atomic E-state index is -0.686. The molecule has 0 spiro atoms. The highest BCUT2D eigenvalue weighted by atomic mass is 19.1. The van der Waals surface area contributed by atoms with Crippen LogP contribution in [0.2, 0.25) is 0 Å².